The predicted molar refractivity (Wildman–Crippen MR) is 86.2 cm³/mol. The molecule has 2 aromatic rings. The first kappa shape index (κ1) is 15.1. The van der Waals surface area contributed by atoms with E-state index in [0.29, 0.717) is 10.7 Å². The molecule has 0 bridgehead atoms. The minimum atomic E-state index is -0.287. The van der Waals surface area contributed by atoms with E-state index in [2.05, 4.69) is 36.8 Å². The normalized spacial score (nSPS) is 11.8. The smallest absolute Gasteiger partial charge is 0.127 e. The molecule has 0 saturated carbocycles. The van der Waals surface area contributed by atoms with Crippen LogP contribution in [0, 0.1) is 12.7 Å². The largest absolute Gasteiger partial charge is 0.250 e. The second-order valence-corrected chi connectivity index (χ2v) is 6.99. The van der Waals surface area contributed by atoms with Crippen LogP contribution in [-0.2, 0) is 11.8 Å². The van der Waals surface area contributed by atoms with Crippen LogP contribution in [-0.4, -0.2) is 15.6 Å². The molecule has 0 atom stereocenters. The lowest BCUT2D eigenvalue weighted by Crippen LogP contribution is -2.33. The number of benzene rings is 1. The maximum absolute atomic E-state index is 14.1. The Morgan fingerprint density at radius 3 is 2.47 bits per heavy atom. The summed E-state index contributed by atoms with van der Waals surface area (Å²) in [4.78, 5) is 5.46. The molecular weight excluding hydrogens is 393 g/mol. The summed E-state index contributed by atoms with van der Waals surface area (Å²) in [6.45, 7) is 1.99. The summed E-state index contributed by atoms with van der Waals surface area (Å²) >= 11 is 8.78. The number of nitrogens with zero attached hydrogens (tertiary/aromatic N) is 1. The number of halogens is 3. The van der Waals surface area contributed by atoms with Crippen molar-refractivity contribution < 1.29 is 4.39 Å². The third-order valence-corrected chi connectivity index (χ3v) is 6.20. The van der Waals surface area contributed by atoms with Crippen molar-refractivity contribution in [2.45, 2.75) is 18.8 Å². The fraction of sp³-hybridized carbons (Fsp3) is 0.357. The summed E-state index contributed by atoms with van der Waals surface area (Å²) in [5.74, 6) is -0.150. The van der Waals surface area contributed by atoms with Gasteiger partial charge in [-0.3, -0.25) is 0 Å². The number of aryl methyl sites for hydroxylation is 1. The molecular formula is C14H14Br2FNS. The van der Waals surface area contributed by atoms with E-state index in [0.717, 1.165) is 17.0 Å². The Kier molecular flexibility index (Phi) is 5.15. The van der Waals surface area contributed by atoms with Crippen LogP contribution in [0.15, 0.2) is 30.5 Å². The van der Waals surface area contributed by atoms with Crippen LogP contribution in [0.3, 0.4) is 0 Å². The highest BCUT2D eigenvalue weighted by molar-refractivity contribution is 9.09. The number of aromatic nitrogens is 1. The molecule has 1 aromatic carbocycles. The Bertz CT molecular complexity index is 552. The first-order chi connectivity index (χ1) is 9.11. The van der Waals surface area contributed by atoms with Crippen molar-refractivity contribution >= 4 is 43.2 Å². The standard InChI is InChI=1S/C14H14Br2FNS/c1-10-18-7-11(19-10)6-14(8-15,9-16)12-4-2-3-5-13(12)17/h2-5,7H,6,8-9H2,1H3. The van der Waals surface area contributed by atoms with Crippen molar-refractivity contribution in [2.24, 2.45) is 0 Å². The van der Waals surface area contributed by atoms with E-state index >= 15 is 0 Å². The lowest BCUT2D eigenvalue weighted by atomic mass is 9.81. The van der Waals surface area contributed by atoms with E-state index in [1.165, 1.54) is 10.9 Å². The minimum absolute atomic E-state index is 0.150. The van der Waals surface area contributed by atoms with Crippen molar-refractivity contribution in [2.75, 3.05) is 10.7 Å². The van der Waals surface area contributed by atoms with Crippen molar-refractivity contribution in [3.05, 3.63) is 51.7 Å². The Balaban J connectivity index is 2.40. The minimum Gasteiger partial charge on any atom is -0.250 e. The molecule has 5 heteroatoms. The summed E-state index contributed by atoms with van der Waals surface area (Å²) in [6, 6.07) is 7.00. The predicted octanol–water partition coefficient (Wildman–Crippen LogP) is 4.86. The molecule has 1 heterocycles. The third-order valence-electron chi connectivity index (χ3n) is 3.14. The molecule has 0 spiro atoms. The molecule has 102 valence electrons. The number of rotatable bonds is 5. The maximum atomic E-state index is 14.1. The first-order valence-electron chi connectivity index (χ1n) is 5.89. The van der Waals surface area contributed by atoms with Gasteiger partial charge in [0.15, 0.2) is 0 Å². The monoisotopic (exact) mass is 405 g/mol. The van der Waals surface area contributed by atoms with E-state index in [1.54, 1.807) is 17.4 Å². The Labute approximate surface area is 133 Å². The molecule has 0 saturated heterocycles. The van der Waals surface area contributed by atoms with Gasteiger partial charge in [0.1, 0.15) is 5.82 Å². The van der Waals surface area contributed by atoms with Gasteiger partial charge < -0.3 is 0 Å². The van der Waals surface area contributed by atoms with Gasteiger partial charge in [-0.25, -0.2) is 9.37 Å². The average Bonchev–Trinajstić information content (AvgIpc) is 2.82. The Morgan fingerprint density at radius 2 is 1.95 bits per heavy atom. The molecule has 0 amide bonds. The van der Waals surface area contributed by atoms with Crippen LogP contribution >= 0.6 is 43.2 Å². The summed E-state index contributed by atoms with van der Waals surface area (Å²) < 4.78 is 14.1. The van der Waals surface area contributed by atoms with Crippen LogP contribution in [0.5, 0.6) is 0 Å². The molecule has 0 radical (unpaired) electrons. The zero-order valence-corrected chi connectivity index (χ0v) is 14.5. The number of thiazole rings is 1. The van der Waals surface area contributed by atoms with Crippen molar-refractivity contribution in [3.63, 3.8) is 0 Å². The number of hydrogen-bond donors (Lipinski definition) is 0. The van der Waals surface area contributed by atoms with Crippen molar-refractivity contribution in [1.29, 1.82) is 0 Å². The second kappa shape index (κ2) is 6.46. The molecule has 0 aliphatic heterocycles. The molecule has 2 rings (SSSR count). The third kappa shape index (κ3) is 3.26. The average molecular weight is 407 g/mol. The number of hydrogen-bond acceptors (Lipinski definition) is 2. The van der Waals surface area contributed by atoms with Gasteiger partial charge >= 0.3 is 0 Å². The first-order valence-corrected chi connectivity index (χ1v) is 8.95. The summed E-state index contributed by atoms with van der Waals surface area (Å²) in [5, 5.41) is 2.44. The lowest BCUT2D eigenvalue weighted by molar-refractivity contribution is 0.503. The van der Waals surface area contributed by atoms with Gasteiger partial charge in [-0.1, -0.05) is 50.1 Å². The van der Waals surface area contributed by atoms with Gasteiger partial charge in [-0.05, 0) is 25.0 Å². The van der Waals surface area contributed by atoms with Crippen molar-refractivity contribution in [1.82, 2.24) is 4.98 Å². The molecule has 0 aliphatic carbocycles. The molecule has 0 unspecified atom stereocenters. The number of alkyl halides is 2. The topological polar surface area (TPSA) is 12.9 Å². The van der Waals surface area contributed by atoms with Gasteiger partial charge in [0, 0.05) is 27.1 Å². The summed E-state index contributed by atoms with van der Waals surface area (Å²) in [5.41, 5.74) is 0.458. The highest BCUT2D eigenvalue weighted by atomic mass is 79.9. The van der Waals surface area contributed by atoms with E-state index < -0.39 is 0 Å². The quantitative estimate of drug-likeness (QED) is 0.646. The van der Waals surface area contributed by atoms with Crippen LogP contribution in [0.4, 0.5) is 4.39 Å². The van der Waals surface area contributed by atoms with E-state index in [9.17, 15) is 4.39 Å². The molecule has 0 aliphatic rings. The van der Waals surface area contributed by atoms with Gasteiger partial charge in [0.25, 0.3) is 0 Å². The van der Waals surface area contributed by atoms with Crippen LogP contribution < -0.4 is 0 Å². The fourth-order valence-electron chi connectivity index (χ4n) is 2.08. The Morgan fingerprint density at radius 1 is 1.26 bits per heavy atom. The van der Waals surface area contributed by atoms with E-state index in [4.69, 9.17) is 0 Å². The SMILES string of the molecule is Cc1ncc(CC(CBr)(CBr)c2ccccc2F)s1. The van der Waals surface area contributed by atoms with Crippen LogP contribution in [0.1, 0.15) is 15.4 Å². The summed E-state index contributed by atoms with van der Waals surface area (Å²) in [6.07, 6.45) is 2.66. The zero-order chi connectivity index (χ0) is 13.9. The highest BCUT2D eigenvalue weighted by Gasteiger charge is 2.33. The Hall–Kier alpha value is -0.260. The van der Waals surface area contributed by atoms with Gasteiger partial charge in [0.05, 0.1) is 5.01 Å². The maximum Gasteiger partial charge on any atom is 0.127 e. The molecule has 19 heavy (non-hydrogen) atoms. The molecule has 1 aromatic heterocycles. The highest BCUT2D eigenvalue weighted by Crippen LogP contribution is 2.35. The molecule has 0 N–H and O–H groups in total. The van der Waals surface area contributed by atoms with E-state index in [-0.39, 0.29) is 11.2 Å². The van der Waals surface area contributed by atoms with E-state index in [1.807, 2.05) is 25.3 Å². The fourth-order valence-corrected chi connectivity index (χ4v) is 4.95. The van der Waals surface area contributed by atoms with Gasteiger partial charge in [0.2, 0.25) is 0 Å². The molecule has 1 nitrogen and oxygen atoms in total. The summed E-state index contributed by atoms with van der Waals surface area (Å²) in [7, 11) is 0. The van der Waals surface area contributed by atoms with Gasteiger partial charge in [-0.15, -0.1) is 11.3 Å². The van der Waals surface area contributed by atoms with Gasteiger partial charge in [-0.2, -0.15) is 0 Å². The molecule has 0 fully saturated rings. The van der Waals surface area contributed by atoms with Crippen LogP contribution in [0.2, 0.25) is 0 Å². The van der Waals surface area contributed by atoms with Crippen molar-refractivity contribution in [3.8, 4) is 0 Å². The lowest BCUT2D eigenvalue weighted by Gasteiger charge is -2.30. The second-order valence-electron chi connectivity index (χ2n) is 4.55. The van der Waals surface area contributed by atoms with Crippen LogP contribution in [0.25, 0.3) is 0 Å². The zero-order valence-electron chi connectivity index (χ0n) is 10.5.